The Morgan fingerprint density at radius 3 is 2.70 bits per heavy atom. The quantitative estimate of drug-likeness (QED) is 0.370. The first-order valence-electron chi connectivity index (χ1n) is 2.56. The van der Waals surface area contributed by atoms with Crippen molar-refractivity contribution in [3.8, 4) is 0 Å². The predicted octanol–water partition coefficient (Wildman–Crippen LogP) is -0.888. The van der Waals surface area contributed by atoms with Crippen LogP contribution in [0.25, 0.3) is 0 Å². The zero-order valence-electron chi connectivity index (χ0n) is 5.27. The van der Waals surface area contributed by atoms with Crippen molar-refractivity contribution in [1.82, 2.24) is 9.55 Å². The summed E-state index contributed by atoms with van der Waals surface area (Å²) in [5.41, 5.74) is 0. The topological polar surface area (TPSA) is 65.5 Å². The van der Waals surface area contributed by atoms with Crippen LogP contribution in [0.4, 0.5) is 5.82 Å². The molecular weight excluding hydrogens is 154 g/mol. The molecule has 6 heteroatoms. The summed E-state index contributed by atoms with van der Waals surface area (Å²) in [6.07, 6.45) is 1.41. The number of thiol groups is 1. The Bertz CT molecular complexity index is 234. The number of aryl methyl sites for hydroxylation is 1. The summed E-state index contributed by atoms with van der Waals surface area (Å²) in [5.74, 6) is -0.00849. The highest BCUT2D eigenvalue weighted by Crippen LogP contribution is 2.10. The number of imidazole rings is 1. The van der Waals surface area contributed by atoms with Crippen LogP contribution in [-0.2, 0) is 7.05 Å². The molecular formula is C4H7N3O2S. The summed E-state index contributed by atoms with van der Waals surface area (Å²) in [6, 6.07) is 0. The van der Waals surface area contributed by atoms with Gasteiger partial charge in [-0.3, -0.25) is 0 Å². The molecule has 56 valence electrons. The fraction of sp³-hybridized carbons (Fsp3) is 0.250. The Kier molecular flexibility index (Phi) is 1.95. The van der Waals surface area contributed by atoms with Gasteiger partial charge in [-0.15, -0.1) is 12.6 Å². The zero-order valence-corrected chi connectivity index (χ0v) is 6.17. The molecule has 1 heterocycles. The molecule has 1 aromatic rings. The van der Waals surface area contributed by atoms with Crippen molar-refractivity contribution >= 4 is 18.4 Å². The van der Waals surface area contributed by atoms with Gasteiger partial charge in [-0.2, -0.15) is 10.2 Å². The molecule has 2 N–H and O–H groups in total. The van der Waals surface area contributed by atoms with E-state index in [1.165, 1.54) is 10.9 Å². The Morgan fingerprint density at radius 1 is 1.90 bits per heavy atom. The van der Waals surface area contributed by atoms with Crippen LogP contribution in [0.2, 0.25) is 0 Å². The van der Waals surface area contributed by atoms with E-state index in [1.807, 2.05) is 0 Å². The number of nitrogens with zero attached hydrogens (tertiary/aromatic N) is 2. The maximum atomic E-state index is 10.3. The van der Waals surface area contributed by atoms with Crippen molar-refractivity contribution in [1.29, 1.82) is 0 Å². The van der Waals surface area contributed by atoms with Crippen LogP contribution in [0, 0.1) is 5.21 Å². The van der Waals surface area contributed by atoms with Gasteiger partial charge in [0.05, 0.1) is 0 Å². The van der Waals surface area contributed by atoms with Gasteiger partial charge in [0.2, 0.25) is 0 Å². The molecule has 0 aliphatic heterocycles. The summed E-state index contributed by atoms with van der Waals surface area (Å²) < 4.78 is 1.53. The van der Waals surface area contributed by atoms with E-state index in [1.54, 1.807) is 7.05 Å². The lowest BCUT2D eigenvalue weighted by molar-refractivity contribution is -0.994. The summed E-state index contributed by atoms with van der Waals surface area (Å²) in [4.78, 5) is 3.60. The molecule has 10 heavy (non-hydrogen) atoms. The third-order valence-electron chi connectivity index (χ3n) is 1.11. The zero-order chi connectivity index (χ0) is 7.72. The van der Waals surface area contributed by atoms with Crippen LogP contribution in [0.15, 0.2) is 11.4 Å². The van der Waals surface area contributed by atoms with E-state index in [0.29, 0.717) is 5.03 Å². The van der Waals surface area contributed by atoms with Crippen molar-refractivity contribution in [3.63, 3.8) is 0 Å². The van der Waals surface area contributed by atoms with Crippen molar-refractivity contribution in [2.75, 3.05) is 0 Å². The van der Waals surface area contributed by atoms with Gasteiger partial charge in [0, 0.05) is 7.05 Å². The van der Waals surface area contributed by atoms with E-state index < -0.39 is 5.23 Å². The second kappa shape index (κ2) is 2.59. The Morgan fingerprint density at radius 2 is 2.50 bits per heavy atom. The van der Waals surface area contributed by atoms with E-state index in [-0.39, 0.29) is 5.82 Å². The minimum absolute atomic E-state index is 0.00849. The van der Waals surface area contributed by atoms with Gasteiger partial charge >= 0.3 is 0 Å². The number of aromatic nitrogens is 2. The van der Waals surface area contributed by atoms with Gasteiger partial charge in [0.15, 0.2) is 5.03 Å². The second-order valence-corrected chi connectivity index (χ2v) is 2.26. The van der Waals surface area contributed by atoms with E-state index in [9.17, 15) is 5.21 Å². The van der Waals surface area contributed by atoms with E-state index in [4.69, 9.17) is 5.21 Å². The fourth-order valence-electron chi connectivity index (χ4n) is 0.575. The van der Waals surface area contributed by atoms with E-state index >= 15 is 0 Å². The first-order chi connectivity index (χ1) is 4.63. The molecule has 0 amide bonds. The molecule has 0 bridgehead atoms. The Balaban J connectivity index is 3.05. The predicted molar refractivity (Wildman–Crippen MR) is 36.2 cm³/mol. The summed E-state index contributed by atoms with van der Waals surface area (Å²) >= 11 is 3.92. The van der Waals surface area contributed by atoms with Crippen molar-refractivity contribution in [2.45, 2.75) is 5.03 Å². The van der Waals surface area contributed by atoms with Crippen LogP contribution in [0.3, 0.4) is 0 Å². The minimum Gasteiger partial charge on any atom is -0.594 e. The third kappa shape index (κ3) is 1.14. The third-order valence-corrected chi connectivity index (χ3v) is 1.64. The normalized spacial score (nSPS) is 13.6. The smallest absolute Gasteiger partial charge is 0.291 e. The van der Waals surface area contributed by atoms with Crippen LogP contribution in [0.5, 0.6) is 0 Å². The van der Waals surface area contributed by atoms with Crippen LogP contribution >= 0.6 is 12.6 Å². The SMILES string of the molecule is Cn1cnc([NH+]([O-])O)c1S. The van der Waals surface area contributed by atoms with Gasteiger partial charge in [0.25, 0.3) is 5.82 Å². The molecule has 0 aromatic carbocycles. The molecule has 0 fully saturated rings. The van der Waals surface area contributed by atoms with Crippen molar-refractivity contribution in [2.24, 2.45) is 7.05 Å². The maximum Gasteiger partial charge on any atom is 0.291 e. The van der Waals surface area contributed by atoms with E-state index in [2.05, 4.69) is 17.6 Å². The van der Waals surface area contributed by atoms with Crippen LogP contribution < -0.4 is 5.23 Å². The minimum atomic E-state index is -1.05. The van der Waals surface area contributed by atoms with Crippen molar-refractivity contribution < 1.29 is 10.4 Å². The lowest BCUT2D eigenvalue weighted by Gasteiger charge is -2.07. The lowest BCUT2D eigenvalue weighted by atomic mass is 10.8. The number of hydrogen-bond acceptors (Lipinski definition) is 4. The highest BCUT2D eigenvalue weighted by Gasteiger charge is 2.10. The first kappa shape index (κ1) is 7.55. The largest absolute Gasteiger partial charge is 0.594 e. The van der Waals surface area contributed by atoms with Gasteiger partial charge in [0.1, 0.15) is 6.33 Å². The van der Waals surface area contributed by atoms with Gasteiger partial charge in [-0.1, -0.05) is 0 Å². The molecule has 0 saturated heterocycles. The average Bonchev–Trinajstić information content (AvgIpc) is 2.14. The fourth-order valence-corrected chi connectivity index (χ4v) is 0.780. The highest BCUT2D eigenvalue weighted by molar-refractivity contribution is 7.80. The first-order valence-corrected chi connectivity index (χ1v) is 3.01. The molecule has 1 rings (SSSR count). The molecule has 0 aliphatic rings. The number of hydrogen-bond donors (Lipinski definition) is 3. The Hall–Kier alpha value is -0.560. The lowest BCUT2D eigenvalue weighted by Crippen LogP contribution is -2.99. The molecule has 0 radical (unpaired) electrons. The summed E-state index contributed by atoms with van der Waals surface area (Å²) in [6.45, 7) is 0. The highest BCUT2D eigenvalue weighted by atomic mass is 32.1. The summed E-state index contributed by atoms with van der Waals surface area (Å²) in [5, 5.41) is 18.1. The maximum absolute atomic E-state index is 10.3. The van der Waals surface area contributed by atoms with Crippen LogP contribution in [0.1, 0.15) is 0 Å². The molecule has 1 unspecified atom stereocenters. The van der Waals surface area contributed by atoms with Gasteiger partial charge < -0.3 is 9.77 Å². The summed E-state index contributed by atoms with van der Waals surface area (Å²) in [7, 11) is 1.68. The van der Waals surface area contributed by atoms with Gasteiger partial charge in [-0.05, 0) is 0 Å². The molecule has 0 aliphatic carbocycles. The molecule has 0 saturated carbocycles. The molecule has 1 atom stereocenters. The standard InChI is InChI=1S/C4H7N3O2S/c1-6-2-5-3(4(6)10)7(8)9/h2,7-8,10H,1H3. The number of rotatable bonds is 1. The molecule has 0 spiro atoms. The second-order valence-electron chi connectivity index (χ2n) is 1.83. The molecule has 5 nitrogen and oxygen atoms in total. The monoisotopic (exact) mass is 161 g/mol. The Labute approximate surface area is 62.8 Å². The van der Waals surface area contributed by atoms with E-state index in [0.717, 1.165) is 0 Å². The number of nitrogens with one attached hydrogen (secondary N) is 1. The van der Waals surface area contributed by atoms with Gasteiger partial charge in [-0.25, -0.2) is 5.21 Å². The molecule has 1 aromatic heterocycles. The number of quaternary nitrogens is 1. The van der Waals surface area contributed by atoms with Crippen molar-refractivity contribution in [3.05, 3.63) is 11.5 Å². The average molecular weight is 161 g/mol. The van der Waals surface area contributed by atoms with Crippen LogP contribution in [-0.4, -0.2) is 14.8 Å².